The summed E-state index contributed by atoms with van der Waals surface area (Å²) in [6.07, 6.45) is 1.91. The van der Waals surface area contributed by atoms with Gasteiger partial charge in [0.2, 0.25) is 5.78 Å². The fraction of sp³-hybridized carbons (Fsp3) is 0.412. The van der Waals surface area contributed by atoms with E-state index >= 15 is 0 Å². The number of fused-ring (bicyclic) bond motifs is 3. The fourth-order valence-electron chi connectivity index (χ4n) is 7.34. The Bertz CT molecular complexity index is 1710. The van der Waals surface area contributed by atoms with Crippen molar-refractivity contribution in [3.63, 3.8) is 0 Å². The van der Waals surface area contributed by atoms with Crippen LogP contribution in [0.15, 0.2) is 47.2 Å². The number of ketones is 2. The van der Waals surface area contributed by atoms with Crippen molar-refractivity contribution in [2.45, 2.75) is 43.7 Å². The number of methoxy groups -OCH3 is 1. The normalized spacial score (nSPS) is 24.0. The number of primary amides is 1. The molecule has 4 atom stereocenters. The zero-order valence-corrected chi connectivity index (χ0v) is 26.5. The Hall–Kier alpha value is -4.68. The predicted octanol–water partition coefficient (Wildman–Crippen LogP) is 1.99. The number of anilines is 1. The van der Waals surface area contributed by atoms with E-state index in [0.717, 1.165) is 11.3 Å². The maximum atomic E-state index is 14.2. The first kappa shape index (κ1) is 32.7. The minimum atomic E-state index is -2.69. The highest BCUT2D eigenvalue weighted by atomic mass is 16.5. The Kier molecular flexibility index (Phi) is 8.47. The number of nitrogens with zero attached hydrogens (tertiary/aromatic N) is 2. The molecule has 0 aliphatic heterocycles. The number of phenols is 1. The summed E-state index contributed by atoms with van der Waals surface area (Å²) in [6.45, 7) is 0. The van der Waals surface area contributed by atoms with Crippen LogP contribution in [0.4, 0.5) is 5.69 Å². The van der Waals surface area contributed by atoms with Crippen LogP contribution < -0.4 is 10.6 Å². The summed E-state index contributed by atoms with van der Waals surface area (Å²) in [5, 5.41) is 46.1. The van der Waals surface area contributed by atoms with Gasteiger partial charge in [0.1, 0.15) is 22.8 Å². The highest BCUT2D eigenvalue weighted by Gasteiger charge is 2.64. The molecule has 46 heavy (non-hydrogen) atoms. The number of aliphatic hydroxyl groups excluding tert-OH is 2. The molecular formula is C34H39N3O9. The minimum absolute atomic E-state index is 0.0237. The van der Waals surface area contributed by atoms with Crippen LogP contribution in [-0.4, -0.2) is 95.7 Å². The summed E-state index contributed by atoms with van der Waals surface area (Å²) in [4.78, 5) is 54.7. The highest BCUT2D eigenvalue weighted by Crippen LogP contribution is 2.54. The van der Waals surface area contributed by atoms with E-state index in [1.165, 1.54) is 12.0 Å². The lowest BCUT2D eigenvalue weighted by atomic mass is 9.57. The third-order valence-corrected chi connectivity index (χ3v) is 9.54. The van der Waals surface area contributed by atoms with E-state index in [4.69, 9.17) is 10.5 Å². The van der Waals surface area contributed by atoms with Gasteiger partial charge in [0.05, 0.1) is 24.3 Å². The van der Waals surface area contributed by atoms with Gasteiger partial charge in [-0.25, -0.2) is 4.79 Å². The average Bonchev–Trinajstić information content (AvgIpc) is 2.99. The molecule has 3 aliphatic carbocycles. The summed E-state index contributed by atoms with van der Waals surface area (Å²) >= 11 is 0. The summed E-state index contributed by atoms with van der Waals surface area (Å²) < 4.78 is 4.74. The average molecular weight is 634 g/mol. The number of hydrogen-bond acceptors (Lipinski definition) is 11. The van der Waals surface area contributed by atoms with Crippen LogP contribution in [0.2, 0.25) is 0 Å². The third-order valence-electron chi connectivity index (χ3n) is 9.54. The van der Waals surface area contributed by atoms with Crippen molar-refractivity contribution in [3.8, 4) is 5.75 Å². The van der Waals surface area contributed by atoms with E-state index in [9.17, 15) is 39.6 Å². The number of carbonyl (C=O) groups excluding carboxylic acids is 4. The summed E-state index contributed by atoms with van der Waals surface area (Å²) in [6, 6.07) is 7.75. The van der Waals surface area contributed by atoms with Gasteiger partial charge in [0.15, 0.2) is 11.4 Å². The number of aryl methyl sites for hydroxylation is 2. The minimum Gasteiger partial charge on any atom is -0.508 e. The van der Waals surface area contributed by atoms with Gasteiger partial charge in [0, 0.05) is 31.3 Å². The van der Waals surface area contributed by atoms with E-state index in [1.54, 1.807) is 26.2 Å². The first-order valence-corrected chi connectivity index (χ1v) is 15.0. The highest BCUT2D eigenvalue weighted by molar-refractivity contribution is 6.24. The number of aliphatic hydroxyl groups is 3. The van der Waals surface area contributed by atoms with Crippen LogP contribution >= 0.6 is 0 Å². The number of rotatable bonds is 8. The predicted molar refractivity (Wildman–Crippen MR) is 168 cm³/mol. The molecule has 3 aliphatic rings. The third kappa shape index (κ3) is 5.01. The van der Waals surface area contributed by atoms with Crippen LogP contribution in [0.5, 0.6) is 5.75 Å². The Morgan fingerprint density at radius 2 is 1.70 bits per heavy atom. The molecule has 0 aromatic heterocycles. The quantitative estimate of drug-likeness (QED) is 0.211. The van der Waals surface area contributed by atoms with Crippen LogP contribution in [0.25, 0.3) is 5.76 Å². The molecule has 4 unspecified atom stereocenters. The van der Waals surface area contributed by atoms with Gasteiger partial charge in [-0.2, -0.15) is 0 Å². The smallest absolute Gasteiger partial charge is 0.337 e. The van der Waals surface area contributed by atoms with E-state index < -0.39 is 64.0 Å². The number of phenolic OH excluding ortho intramolecular Hbond substituents is 1. The molecule has 0 heterocycles. The second-order valence-electron chi connectivity index (χ2n) is 12.7. The number of likely N-dealkylation sites (N-methyl/N-ethyl adjacent to an activating group) is 1. The lowest BCUT2D eigenvalue weighted by molar-refractivity contribution is -0.153. The standard InChI is InChI=1S/C34H39N3O9/c1-36(2)22-15-18(8-6-7-16-9-11-17(12-10-16)33(44)46-5)27(38)24-20(22)13-19-14-21-26(37(3)4)29(40)25(32(35)43)31(42)34(21,45)30(41)23(19)28(24)39/h9-12,15,19,21,26,38-39,42,45H,6-8,13-14H2,1-5H3,(H2,35,43). The van der Waals surface area contributed by atoms with Crippen molar-refractivity contribution >= 4 is 34.9 Å². The topological polar surface area (TPSA) is 191 Å². The summed E-state index contributed by atoms with van der Waals surface area (Å²) in [5.41, 5.74) is 5.05. The van der Waals surface area contributed by atoms with Crippen molar-refractivity contribution in [2.75, 3.05) is 40.2 Å². The molecule has 5 rings (SSSR count). The van der Waals surface area contributed by atoms with Gasteiger partial charge < -0.3 is 35.8 Å². The van der Waals surface area contributed by atoms with E-state index in [1.807, 2.05) is 37.2 Å². The molecule has 1 saturated carbocycles. The second-order valence-corrected chi connectivity index (χ2v) is 12.7. The number of carbonyl (C=O) groups is 4. The van der Waals surface area contributed by atoms with E-state index in [0.29, 0.717) is 36.0 Å². The zero-order chi connectivity index (χ0) is 33.8. The van der Waals surface area contributed by atoms with Crippen LogP contribution in [0, 0.1) is 11.8 Å². The van der Waals surface area contributed by atoms with Crippen molar-refractivity contribution < 1.29 is 44.3 Å². The number of ether oxygens (including phenoxy) is 1. The number of Topliss-reactive ketones (excluding diaryl/α,β-unsaturated/α-hetero) is 2. The van der Waals surface area contributed by atoms with Crippen molar-refractivity contribution in [3.05, 3.63) is 75.1 Å². The SMILES string of the molecule is COC(=O)c1ccc(CCCc2cc(N(C)C)c3c(c2O)C(O)=C2C(=O)C4(O)C(O)=C(C(N)=O)C(=O)C(N(C)C)C4CC2C3)cc1. The molecule has 1 amide bonds. The van der Waals surface area contributed by atoms with E-state index in [2.05, 4.69) is 0 Å². The molecule has 0 spiro atoms. The molecule has 0 bridgehead atoms. The van der Waals surface area contributed by atoms with Crippen LogP contribution in [-0.2, 0) is 38.4 Å². The largest absolute Gasteiger partial charge is 0.508 e. The van der Waals surface area contributed by atoms with Gasteiger partial charge >= 0.3 is 5.97 Å². The van der Waals surface area contributed by atoms with Crippen molar-refractivity contribution in [1.29, 1.82) is 0 Å². The van der Waals surface area contributed by atoms with Gasteiger partial charge in [-0.3, -0.25) is 19.3 Å². The lowest BCUT2D eigenvalue weighted by Crippen LogP contribution is -2.65. The number of nitrogens with two attached hydrogens (primary N) is 1. The number of benzene rings is 2. The Labute approximate surface area is 266 Å². The van der Waals surface area contributed by atoms with Crippen molar-refractivity contribution in [1.82, 2.24) is 4.90 Å². The summed E-state index contributed by atoms with van der Waals surface area (Å²) in [5.74, 6) is -7.15. The lowest BCUT2D eigenvalue weighted by Gasteiger charge is -2.50. The maximum absolute atomic E-state index is 14.2. The molecular weight excluding hydrogens is 594 g/mol. The van der Waals surface area contributed by atoms with Crippen LogP contribution in [0.3, 0.4) is 0 Å². The van der Waals surface area contributed by atoms with Gasteiger partial charge in [-0.1, -0.05) is 12.1 Å². The molecule has 244 valence electrons. The molecule has 2 aromatic carbocycles. The van der Waals surface area contributed by atoms with Crippen molar-refractivity contribution in [2.24, 2.45) is 17.6 Å². The van der Waals surface area contributed by atoms with Crippen LogP contribution in [0.1, 0.15) is 45.5 Å². The Morgan fingerprint density at radius 1 is 1.04 bits per heavy atom. The first-order chi connectivity index (χ1) is 21.6. The second kappa shape index (κ2) is 11.9. The first-order valence-electron chi connectivity index (χ1n) is 15.0. The number of aromatic hydroxyl groups is 1. The fourth-order valence-corrected chi connectivity index (χ4v) is 7.34. The molecule has 12 heteroatoms. The molecule has 2 aromatic rings. The summed E-state index contributed by atoms with van der Waals surface area (Å²) in [7, 11) is 8.11. The monoisotopic (exact) mass is 633 g/mol. The Balaban J connectivity index is 1.55. The van der Waals surface area contributed by atoms with Gasteiger partial charge in [0.25, 0.3) is 5.91 Å². The molecule has 6 N–H and O–H groups in total. The molecule has 12 nitrogen and oxygen atoms in total. The number of hydrogen-bond donors (Lipinski definition) is 5. The van der Waals surface area contributed by atoms with Gasteiger partial charge in [-0.15, -0.1) is 0 Å². The number of esters is 1. The molecule has 0 radical (unpaired) electrons. The zero-order valence-electron chi connectivity index (χ0n) is 26.5. The molecule has 1 fully saturated rings. The number of amides is 1. The maximum Gasteiger partial charge on any atom is 0.337 e. The Morgan fingerprint density at radius 3 is 2.26 bits per heavy atom. The molecule has 0 saturated heterocycles. The van der Waals surface area contributed by atoms with Gasteiger partial charge in [-0.05, 0) is 87.0 Å². The van der Waals surface area contributed by atoms with E-state index in [-0.39, 0.29) is 29.7 Å².